The molecule has 29 heavy (non-hydrogen) atoms. The number of carbonyl (C=O) groups is 1. The number of nitrogens with one attached hydrogen (secondary N) is 1. The van der Waals surface area contributed by atoms with E-state index in [2.05, 4.69) is 31.1 Å². The molecule has 2 heterocycles. The molecule has 0 saturated carbocycles. The number of hydrogen-bond acceptors (Lipinski definition) is 3. The van der Waals surface area contributed by atoms with E-state index in [1.165, 1.54) is 12.1 Å². The fourth-order valence-electron chi connectivity index (χ4n) is 2.71. The molecule has 3 rings (SSSR count). The number of ether oxygens (including phenoxy) is 1. The summed E-state index contributed by atoms with van der Waals surface area (Å²) in [7, 11) is 0. The van der Waals surface area contributed by atoms with Crippen molar-refractivity contribution in [1.82, 2.24) is 14.5 Å². The van der Waals surface area contributed by atoms with Gasteiger partial charge in [0.1, 0.15) is 5.75 Å². The second-order valence-electron chi connectivity index (χ2n) is 6.58. The molecule has 6 nitrogen and oxygen atoms in total. The molecule has 2 amide bonds. The predicted molar refractivity (Wildman–Crippen MR) is 106 cm³/mol. The van der Waals surface area contributed by atoms with Gasteiger partial charge in [0.15, 0.2) is 0 Å². The molecule has 0 bridgehead atoms. The Morgan fingerprint density at radius 3 is 2.59 bits per heavy atom. The highest BCUT2D eigenvalue weighted by Gasteiger charge is 2.31. The third-order valence-electron chi connectivity index (χ3n) is 4.12. The van der Waals surface area contributed by atoms with Gasteiger partial charge in [-0.1, -0.05) is 0 Å². The summed E-state index contributed by atoms with van der Waals surface area (Å²) in [6.07, 6.45) is -1.26. The molecule has 0 aliphatic rings. The minimum atomic E-state index is -4.76. The van der Waals surface area contributed by atoms with Crippen LogP contribution in [0.2, 0.25) is 0 Å². The number of benzene rings is 1. The van der Waals surface area contributed by atoms with E-state index in [0.29, 0.717) is 12.2 Å². The Morgan fingerprint density at radius 2 is 1.97 bits per heavy atom. The number of carbonyl (C=O) groups excluding carboxylic acids is 1. The van der Waals surface area contributed by atoms with E-state index in [1.54, 1.807) is 15.6 Å². The molecule has 0 spiro atoms. The lowest BCUT2D eigenvalue weighted by Gasteiger charge is -2.27. The third-order valence-corrected chi connectivity index (χ3v) is 4.73. The molecule has 2 aromatic heterocycles. The maximum absolute atomic E-state index is 12.7. The van der Waals surface area contributed by atoms with Crippen molar-refractivity contribution in [2.24, 2.45) is 0 Å². The summed E-state index contributed by atoms with van der Waals surface area (Å²) in [6.45, 7) is 4.12. The van der Waals surface area contributed by atoms with Crippen LogP contribution in [0.5, 0.6) is 5.75 Å². The summed E-state index contributed by atoms with van der Waals surface area (Å²) >= 11 is 3.44. The van der Waals surface area contributed by atoms with Gasteiger partial charge in [-0.3, -0.25) is 0 Å². The Kier molecular flexibility index (Phi) is 6.02. The lowest BCUT2D eigenvalue weighted by Crippen LogP contribution is -2.39. The minimum Gasteiger partial charge on any atom is -0.406 e. The van der Waals surface area contributed by atoms with Gasteiger partial charge < -0.3 is 15.0 Å². The van der Waals surface area contributed by atoms with Gasteiger partial charge in [0, 0.05) is 24.5 Å². The van der Waals surface area contributed by atoms with Crippen molar-refractivity contribution >= 4 is 33.2 Å². The van der Waals surface area contributed by atoms with E-state index < -0.39 is 6.36 Å². The number of nitrogens with zero attached hydrogens (tertiary/aromatic N) is 3. The Morgan fingerprint density at radius 1 is 1.28 bits per heavy atom. The highest BCUT2D eigenvalue weighted by Crippen LogP contribution is 2.24. The first-order chi connectivity index (χ1) is 13.6. The average Bonchev–Trinajstić information content (AvgIpc) is 3.00. The van der Waals surface area contributed by atoms with Gasteiger partial charge in [0.05, 0.1) is 16.2 Å². The number of aromatic nitrogens is 2. The summed E-state index contributed by atoms with van der Waals surface area (Å²) in [6, 6.07) is 8.34. The molecular weight excluding hydrogens is 453 g/mol. The summed E-state index contributed by atoms with van der Waals surface area (Å²) < 4.78 is 43.1. The Bertz CT molecular complexity index is 1000. The normalized spacial score (nSPS) is 11.7. The standard InChI is InChI=1S/C19H18BrF3N4O2/c1-12(2)26(11-13-7-8-27-17(9-13)16(20)10-24-27)18(28)25-14-3-5-15(6-4-14)29-19(21,22)23/h3-10,12H,11H2,1-2H3,(H,25,28). The molecule has 0 radical (unpaired) electrons. The van der Waals surface area contributed by atoms with E-state index in [4.69, 9.17) is 0 Å². The van der Waals surface area contributed by atoms with E-state index >= 15 is 0 Å². The number of pyridine rings is 1. The molecule has 0 aliphatic heterocycles. The zero-order chi connectivity index (χ0) is 21.2. The number of amides is 2. The third kappa shape index (κ3) is 5.41. The molecule has 3 aromatic rings. The second-order valence-corrected chi connectivity index (χ2v) is 7.44. The maximum atomic E-state index is 12.7. The first kappa shape index (κ1) is 21.0. The zero-order valence-electron chi connectivity index (χ0n) is 15.6. The highest BCUT2D eigenvalue weighted by atomic mass is 79.9. The van der Waals surface area contributed by atoms with Gasteiger partial charge in [0.25, 0.3) is 0 Å². The molecule has 1 aromatic carbocycles. The SMILES string of the molecule is CC(C)N(Cc1ccn2ncc(Br)c2c1)C(=O)Nc1ccc(OC(F)(F)F)cc1. The maximum Gasteiger partial charge on any atom is 0.573 e. The molecule has 0 atom stereocenters. The molecule has 0 unspecified atom stereocenters. The van der Waals surface area contributed by atoms with Crippen LogP contribution in [0.1, 0.15) is 19.4 Å². The fraction of sp³-hybridized carbons (Fsp3) is 0.263. The highest BCUT2D eigenvalue weighted by molar-refractivity contribution is 9.10. The number of anilines is 1. The minimum absolute atomic E-state index is 0.104. The van der Waals surface area contributed by atoms with Crippen LogP contribution in [-0.2, 0) is 6.54 Å². The number of alkyl halides is 3. The smallest absolute Gasteiger partial charge is 0.406 e. The number of hydrogen-bond donors (Lipinski definition) is 1. The van der Waals surface area contributed by atoms with Gasteiger partial charge in [-0.25, -0.2) is 9.31 Å². The molecule has 1 N–H and O–H groups in total. The Hall–Kier alpha value is -2.75. The number of halogens is 4. The van der Waals surface area contributed by atoms with Crippen LogP contribution in [0, 0.1) is 0 Å². The molecule has 10 heteroatoms. The number of urea groups is 1. The van der Waals surface area contributed by atoms with Gasteiger partial charge in [-0.05, 0) is 71.7 Å². The van der Waals surface area contributed by atoms with Gasteiger partial charge in [-0.2, -0.15) is 5.10 Å². The van der Waals surface area contributed by atoms with E-state index in [9.17, 15) is 18.0 Å². The van der Waals surface area contributed by atoms with Crippen LogP contribution in [0.25, 0.3) is 5.52 Å². The van der Waals surface area contributed by atoms with Crippen molar-refractivity contribution in [2.75, 3.05) is 5.32 Å². The van der Waals surface area contributed by atoms with Crippen LogP contribution in [0.15, 0.2) is 53.3 Å². The second kappa shape index (κ2) is 8.32. The first-order valence-corrected chi connectivity index (χ1v) is 9.47. The van der Waals surface area contributed by atoms with Crippen molar-refractivity contribution < 1.29 is 22.7 Å². The summed E-state index contributed by atoms with van der Waals surface area (Å²) in [5.74, 6) is -0.351. The molecule has 0 aliphatic carbocycles. The zero-order valence-corrected chi connectivity index (χ0v) is 17.2. The lowest BCUT2D eigenvalue weighted by molar-refractivity contribution is -0.274. The van der Waals surface area contributed by atoms with Crippen LogP contribution in [0.4, 0.5) is 23.7 Å². The monoisotopic (exact) mass is 470 g/mol. The number of fused-ring (bicyclic) bond motifs is 1. The van der Waals surface area contributed by atoms with Gasteiger partial charge >= 0.3 is 12.4 Å². The molecular formula is C19H18BrF3N4O2. The summed E-state index contributed by atoms with van der Waals surface area (Å²) in [4.78, 5) is 14.4. The first-order valence-electron chi connectivity index (χ1n) is 8.67. The molecule has 0 fully saturated rings. The molecule has 0 saturated heterocycles. The number of rotatable bonds is 5. The van der Waals surface area contributed by atoms with E-state index in [1.807, 2.05) is 32.2 Å². The summed E-state index contributed by atoms with van der Waals surface area (Å²) in [5, 5.41) is 6.89. The van der Waals surface area contributed by atoms with Crippen molar-refractivity contribution in [2.45, 2.75) is 32.8 Å². The quantitative estimate of drug-likeness (QED) is 0.540. The van der Waals surface area contributed by atoms with Crippen LogP contribution < -0.4 is 10.1 Å². The van der Waals surface area contributed by atoms with Crippen molar-refractivity contribution in [1.29, 1.82) is 0 Å². The van der Waals surface area contributed by atoms with Crippen LogP contribution >= 0.6 is 15.9 Å². The predicted octanol–water partition coefficient (Wildman–Crippen LogP) is 5.44. The largest absolute Gasteiger partial charge is 0.573 e. The lowest BCUT2D eigenvalue weighted by atomic mass is 10.2. The Labute approximate surface area is 173 Å². The van der Waals surface area contributed by atoms with Crippen LogP contribution in [-0.4, -0.2) is 32.9 Å². The summed E-state index contributed by atoms with van der Waals surface area (Å²) in [5.41, 5.74) is 2.16. The average molecular weight is 471 g/mol. The van der Waals surface area contributed by atoms with Crippen molar-refractivity contribution in [3.8, 4) is 5.75 Å². The van der Waals surface area contributed by atoms with Crippen molar-refractivity contribution in [3.05, 3.63) is 58.8 Å². The van der Waals surface area contributed by atoms with Gasteiger partial charge in [0.2, 0.25) is 0 Å². The topological polar surface area (TPSA) is 58.9 Å². The van der Waals surface area contributed by atoms with Crippen LogP contribution in [0.3, 0.4) is 0 Å². The fourth-order valence-corrected chi connectivity index (χ4v) is 3.10. The Balaban J connectivity index is 1.71. The van der Waals surface area contributed by atoms with Gasteiger partial charge in [-0.15, -0.1) is 13.2 Å². The molecule has 154 valence electrons. The van der Waals surface area contributed by atoms with E-state index in [0.717, 1.165) is 27.7 Å². The van der Waals surface area contributed by atoms with E-state index in [-0.39, 0.29) is 17.8 Å². The van der Waals surface area contributed by atoms with Crippen molar-refractivity contribution in [3.63, 3.8) is 0 Å².